The predicted molar refractivity (Wildman–Crippen MR) is 78.9 cm³/mol. The van der Waals surface area contributed by atoms with Crippen LogP contribution in [0, 0.1) is 0 Å². The zero-order chi connectivity index (χ0) is 13.7. The summed E-state index contributed by atoms with van der Waals surface area (Å²) in [5.74, 6) is 0.0472. The number of ether oxygens (including phenoxy) is 1. The Kier molecular flexibility index (Phi) is 5.10. The number of carbonyl (C=O) groups is 1. The summed E-state index contributed by atoms with van der Waals surface area (Å²) in [4.78, 5) is 15.3. The standard InChI is InChI=1S/C14H20N2O2S/c1-11-9-16(10-14(17)15-7-8-18-2)12-5-3-4-6-13(12)19-11/h3-6,11H,7-10H2,1-2H3,(H,15,17)/t11-/m1/s1. The molecule has 0 bridgehead atoms. The molecule has 4 nitrogen and oxygen atoms in total. The molecule has 1 aromatic carbocycles. The van der Waals surface area contributed by atoms with Crippen LogP contribution >= 0.6 is 11.8 Å². The molecular formula is C14H20N2O2S. The zero-order valence-corrected chi connectivity index (χ0v) is 12.2. The Morgan fingerprint density at radius 3 is 3.11 bits per heavy atom. The normalized spacial score (nSPS) is 18.0. The number of hydrogen-bond donors (Lipinski definition) is 1. The highest BCUT2D eigenvalue weighted by Crippen LogP contribution is 2.37. The van der Waals surface area contributed by atoms with Crippen LogP contribution in [-0.4, -0.2) is 44.5 Å². The smallest absolute Gasteiger partial charge is 0.239 e. The summed E-state index contributed by atoms with van der Waals surface area (Å²) < 4.78 is 4.92. The average molecular weight is 280 g/mol. The molecule has 1 amide bonds. The molecule has 5 heteroatoms. The average Bonchev–Trinajstić information content (AvgIpc) is 2.39. The SMILES string of the molecule is COCCNC(=O)CN1C[C@@H](C)Sc2ccccc21. The second-order valence-corrected chi connectivity index (χ2v) is 6.10. The Labute approximate surface area is 118 Å². The second-order valence-electron chi connectivity index (χ2n) is 4.62. The molecule has 19 heavy (non-hydrogen) atoms. The Morgan fingerprint density at radius 2 is 2.32 bits per heavy atom. The number of para-hydroxylation sites is 1. The number of benzene rings is 1. The first-order valence-electron chi connectivity index (χ1n) is 6.47. The molecule has 0 saturated carbocycles. The van der Waals surface area contributed by atoms with E-state index in [1.807, 2.05) is 23.9 Å². The van der Waals surface area contributed by atoms with Crippen molar-refractivity contribution in [2.75, 3.05) is 38.3 Å². The van der Waals surface area contributed by atoms with Crippen LogP contribution in [0.4, 0.5) is 5.69 Å². The molecule has 0 unspecified atom stereocenters. The van der Waals surface area contributed by atoms with E-state index < -0.39 is 0 Å². The van der Waals surface area contributed by atoms with Crippen LogP contribution in [0.2, 0.25) is 0 Å². The molecule has 0 fully saturated rings. The van der Waals surface area contributed by atoms with Gasteiger partial charge in [0.05, 0.1) is 18.8 Å². The third-order valence-corrected chi connectivity index (χ3v) is 4.13. The predicted octanol–water partition coefficient (Wildman–Crippen LogP) is 1.75. The molecule has 0 radical (unpaired) electrons. The maximum absolute atomic E-state index is 11.9. The Bertz CT molecular complexity index is 439. The summed E-state index contributed by atoms with van der Waals surface area (Å²) in [5, 5.41) is 3.37. The molecular weight excluding hydrogens is 260 g/mol. The van der Waals surface area contributed by atoms with E-state index in [-0.39, 0.29) is 5.91 Å². The van der Waals surface area contributed by atoms with Gasteiger partial charge < -0.3 is 15.0 Å². The third-order valence-electron chi connectivity index (χ3n) is 2.97. The van der Waals surface area contributed by atoms with Crippen molar-refractivity contribution in [1.82, 2.24) is 5.32 Å². The Balaban J connectivity index is 1.98. The number of methoxy groups -OCH3 is 1. The minimum Gasteiger partial charge on any atom is -0.383 e. The van der Waals surface area contributed by atoms with Crippen LogP contribution in [-0.2, 0) is 9.53 Å². The summed E-state index contributed by atoms with van der Waals surface area (Å²) in [6, 6.07) is 8.26. The minimum absolute atomic E-state index is 0.0472. The van der Waals surface area contributed by atoms with Gasteiger partial charge in [-0.05, 0) is 12.1 Å². The van der Waals surface area contributed by atoms with Gasteiger partial charge in [-0.3, -0.25) is 4.79 Å². The summed E-state index contributed by atoms with van der Waals surface area (Å²) in [5.41, 5.74) is 1.16. The molecule has 2 rings (SSSR count). The second kappa shape index (κ2) is 6.82. The number of fused-ring (bicyclic) bond motifs is 1. The monoisotopic (exact) mass is 280 g/mol. The highest BCUT2D eigenvalue weighted by Gasteiger charge is 2.23. The van der Waals surface area contributed by atoms with E-state index >= 15 is 0 Å². The maximum Gasteiger partial charge on any atom is 0.239 e. The molecule has 1 N–H and O–H groups in total. The van der Waals surface area contributed by atoms with E-state index in [1.165, 1.54) is 4.90 Å². The fraction of sp³-hybridized carbons (Fsp3) is 0.500. The molecule has 1 heterocycles. The van der Waals surface area contributed by atoms with Gasteiger partial charge in [-0.25, -0.2) is 0 Å². The number of amides is 1. The number of hydrogen-bond acceptors (Lipinski definition) is 4. The van der Waals surface area contributed by atoms with Crippen LogP contribution in [0.1, 0.15) is 6.92 Å². The number of thioether (sulfide) groups is 1. The van der Waals surface area contributed by atoms with E-state index in [0.717, 1.165) is 12.2 Å². The number of anilines is 1. The lowest BCUT2D eigenvalue weighted by molar-refractivity contribution is -0.119. The first-order chi connectivity index (χ1) is 9.20. The lowest BCUT2D eigenvalue weighted by Gasteiger charge is -2.33. The van der Waals surface area contributed by atoms with Crippen LogP contribution in [0.25, 0.3) is 0 Å². The van der Waals surface area contributed by atoms with Crippen molar-refractivity contribution in [2.24, 2.45) is 0 Å². The molecule has 1 aromatic rings. The Hall–Kier alpha value is -1.20. The van der Waals surface area contributed by atoms with Crippen LogP contribution in [0.3, 0.4) is 0 Å². The highest BCUT2D eigenvalue weighted by molar-refractivity contribution is 8.00. The molecule has 0 aromatic heterocycles. The largest absolute Gasteiger partial charge is 0.383 e. The fourth-order valence-electron chi connectivity index (χ4n) is 2.15. The van der Waals surface area contributed by atoms with Gasteiger partial charge in [-0.1, -0.05) is 19.1 Å². The van der Waals surface area contributed by atoms with Gasteiger partial charge >= 0.3 is 0 Å². The summed E-state index contributed by atoms with van der Waals surface area (Å²) in [7, 11) is 1.63. The van der Waals surface area contributed by atoms with Gasteiger partial charge in [0.2, 0.25) is 5.91 Å². The Morgan fingerprint density at radius 1 is 1.53 bits per heavy atom. The first-order valence-corrected chi connectivity index (χ1v) is 7.35. The summed E-state index contributed by atoms with van der Waals surface area (Å²) in [6.45, 7) is 4.62. The van der Waals surface area contributed by atoms with Crippen molar-refractivity contribution in [3.8, 4) is 0 Å². The van der Waals surface area contributed by atoms with Crippen LogP contribution in [0.15, 0.2) is 29.2 Å². The van der Waals surface area contributed by atoms with Gasteiger partial charge in [-0.15, -0.1) is 11.8 Å². The lowest BCUT2D eigenvalue weighted by atomic mass is 10.2. The van der Waals surface area contributed by atoms with E-state index in [1.54, 1.807) is 7.11 Å². The molecule has 1 atom stereocenters. The quantitative estimate of drug-likeness (QED) is 0.834. The number of nitrogens with zero attached hydrogens (tertiary/aromatic N) is 1. The highest BCUT2D eigenvalue weighted by atomic mass is 32.2. The summed E-state index contributed by atoms with van der Waals surface area (Å²) >= 11 is 1.87. The van der Waals surface area contributed by atoms with Crippen molar-refractivity contribution in [1.29, 1.82) is 0 Å². The van der Waals surface area contributed by atoms with Crippen molar-refractivity contribution >= 4 is 23.4 Å². The van der Waals surface area contributed by atoms with Gasteiger partial charge in [0.25, 0.3) is 0 Å². The molecule has 104 valence electrons. The van der Waals surface area contributed by atoms with Gasteiger partial charge in [0, 0.05) is 30.3 Å². The fourth-order valence-corrected chi connectivity index (χ4v) is 3.32. The van der Waals surface area contributed by atoms with Crippen molar-refractivity contribution < 1.29 is 9.53 Å². The van der Waals surface area contributed by atoms with Gasteiger partial charge in [-0.2, -0.15) is 0 Å². The van der Waals surface area contributed by atoms with Gasteiger partial charge in [0.15, 0.2) is 0 Å². The van der Waals surface area contributed by atoms with Gasteiger partial charge in [0.1, 0.15) is 0 Å². The molecule has 1 aliphatic rings. The molecule has 0 spiro atoms. The number of carbonyl (C=O) groups excluding carboxylic acids is 1. The van der Waals surface area contributed by atoms with E-state index in [4.69, 9.17) is 4.74 Å². The van der Waals surface area contributed by atoms with Crippen molar-refractivity contribution in [3.05, 3.63) is 24.3 Å². The van der Waals surface area contributed by atoms with E-state index in [9.17, 15) is 4.79 Å². The molecule has 1 aliphatic heterocycles. The summed E-state index contributed by atoms with van der Waals surface area (Å²) in [6.07, 6.45) is 0. The number of rotatable bonds is 5. The maximum atomic E-state index is 11.9. The lowest BCUT2D eigenvalue weighted by Crippen LogP contribution is -2.42. The number of nitrogens with one attached hydrogen (secondary N) is 1. The minimum atomic E-state index is 0.0472. The van der Waals surface area contributed by atoms with E-state index in [2.05, 4.69) is 29.3 Å². The third kappa shape index (κ3) is 3.88. The first kappa shape index (κ1) is 14.2. The molecule has 0 aliphatic carbocycles. The van der Waals surface area contributed by atoms with Crippen molar-refractivity contribution in [2.45, 2.75) is 17.1 Å². The zero-order valence-electron chi connectivity index (χ0n) is 11.4. The van der Waals surface area contributed by atoms with Crippen LogP contribution < -0.4 is 10.2 Å². The van der Waals surface area contributed by atoms with Crippen LogP contribution in [0.5, 0.6) is 0 Å². The molecule has 0 saturated heterocycles. The van der Waals surface area contributed by atoms with E-state index in [0.29, 0.717) is 24.9 Å². The topological polar surface area (TPSA) is 41.6 Å². The van der Waals surface area contributed by atoms with Crippen molar-refractivity contribution in [3.63, 3.8) is 0 Å².